The van der Waals surface area contributed by atoms with Gasteiger partial charge in [-0.25, -0.2) is 4.79 Å². The number of carbonyl (C=O) groups excluding carboxylic acids is 1. The number of carboxylic acid groups (broad SMARTS) is 1. The molecule has 0 spiro atoms. The van der Waals surface area contributed by atoms with Crippen LogP contribution in [0.25, 0.3) is 0 Å². The summed E-state index contributed by atoms with van der Waals surface area (Å²) in [7, 11) is 0. The van der Waals surface area contributed by atoms with Gasteiger partial charge in [0.25, 0.3) is 0 Å². The fraction of sp³-hybridized carbons (Fsp3) is 0.600. The van der Waals surface area contributed by atoms with Gasteiger partial charge in [0.2, 0.25) is 5.91 Å². The zero-order chi connectivity index (χ0) is 21.9. The van der Waals surface area contributed by atoms with E-state index in [0.29, 0.717) is 65.2 Å². The summed E-state index contributed by atoms with van der Waals surface area (Å²) in [5.74, 6) is -0.404. The van der Waals surface area contributed by atoms with Crippen molar-refractivity contribution < 1.29 is 43.1 Å². The number of benzene rings is 1. The van der Waals surface area contributed by atoms with Crippen molar-refractivity contribution in [1.29, 1.82) is 0 Å². The van der Waals surface area contributed by atoms with Crippen LogP contribution in [0, 0.1) is 0 Å². The van der Waals surface area contributed by atoms with Crippen molar-refractivity contribution in [3.63, 3.8) is 0 Å². The highest BCUT2D eigenvalue weighted by Gasteiger charge is 1.98. The Morgan fingerprint density at radius 2 is 1.17 bits per heavy atom. The average molecular weight is 429 g/mol. The second-order valence-electron chi connectivity index (χ2n) is 5.95. The van der Waals surface area contributed by atoms with Gasteiger partial charge in [-0.3, -0.25) is 4.79 Å². The van der Waals surface area contributed by atoms with E-state index >= 15 is 0 Å². The molecule has 0 aliphatic rings. The molecule has 0 atom stereocenters. The molecule has 1 aromatic rings. The Balaban J connectivity index is 1.80. The molecule has 0 saturated heterocycles. The van der Waals surface area contributed by atoms with Gasteiger partial charge in [0, 0.05) is 12.6 Å². The summed E-state index contributed by atoms with van der Waals surface area (Å²) in [6, 6.07) is 7.12. The zero-order valence-electron chi connectivity index (χ0n) is 17.3. The topological polar surface area (TPSA) is 122 Å². The lowest BCUT2D eigenvalue weighted by molar-refractivity contribution is -0.142. The molecular formula is C20H31NO9. The van der Waals surface area contributed by atoms with Crippen molar-refractivity contribution in [1.82, 2.24) is 0 Å². The number of carboxylic acids is 1. The molecule has 30 heavy (non-hydrogen) atoms. The average Bonchev–Trinajstić information content (AvgIpc) is 2.71. The smallest absolute Gasteiger partial charge is 0.329 e. The number of nitrogens with one attached hydrogen (secondary N) is 1. The first-order valence-corrected chi connectivity index (χ1v) is 9.69. The van der Waals surface area contributed by atoms with E-state index in [9.17, 15) is 9.59 Å². The molecule has 0 unspecified atom stereocenters. The summed E-state index contributed by atoms with van der Waals surface area (Å²) in [6.07, 6.45) is 0. The van der Waals surface area contributed by atoms with Gasteiger partial charge < -0.3 is 38.8 Å². The van der Waals surface area contributed by atoms with Crippen molar-refractivity contribution in [2.24, 2.45) is 0 Å². The molecule has 1 amide bonds. The number of carbonyl (C=O) groups is 2. The minimum atomic E-state index is -0.997. The molecule has 0 heterocycles. The first-order chi connectivity index (χ1) is 14.6. The minimum absolute atomic E-state index is 0.114. The molecule has 1 rings (SSSR count). The van der Waals surface area contributed by atoms with Crippen molar-refractivity contribution >= 4 is 17.6 Å². The Morgan fingerprint density at radius 3 is 1.60 bits per heavy atom. The number of anilines is 1. The molecule has 0 fully saturated rings. The van der Waals surface area contributed by atoms with Crippen LogP contribution in [0.2, 0.25) is 0 Å². The summed E-state index contributed by atoms with van der Waals surface area (Å²) in [6.45, 7) is 5.27. The minimum Gasteiger partial charge on any atom is -0.491 e. The molecule has 0 aliphatic carbocycles. The van der Waals surface area contributed by atoms with Crippen LogP contribution in [-0.4, -0.2) is 89.7 Å². The third kappa shape index (κ3) is 15.7. The first kappa shape index (κ1) is 25.8. The quantitative estimate of drug-likeness (QED) is 0.312. The lowest BCUT2D eigenvalue weighted by Crippen LogP contribution is -2.15. The van der Waals surface area contributed by atoms with Crippen LogP contribution in [0.1, 0.15) is 6.92 Å². The second kappa shape index (κ2) is 17.6. The van der Waals surface area contributed by atoms with Crippen LogP contribution in [0.3, 0.4) is 0 Å². The lowest BCUT2D eigenvalue weighted by Gasteiger charge is -2.09. The van der Waals surface area contributed by atoms with Gasteiger partial charge in [0.05, 0.1) is 59.5 Å². The molecule has 0 aromatic heterocycles. The highest BCUT2D eigenvalue weighted by molar-refractivity contribution is 5.88. The molecule has 10 heteroatoms. The Hall–Kier alpha value is -2.24. The summed E-state index contributed by atoms with van der Waals surface area (Å²) in [4.78, 5) is 21.2. The summed E-state index contributed by atoms with van der Waals surface area (Å²) in [5, 5.41) is 11.1. The van der Waals surface area contributed by atoms with E-state index < -0.39 is 5.97 Å². The van der Waals surface area contributed by atoms with E-state index in [2.05, 4.69) is 5.32 Å². The normalized spacial score (nSPS) is 10.7. The number of aliphatic carboxylic acids is 1. The Bertz CT molecular complexity index is 580. The van der Waals surface area contributed by atoms with Gasteiger partial charge in [-0.15, -0.1) is 0 Å². The lowest BCUT2D eigenvalue weighted by atomic mass is 10.3. The van der Waals surface area contributed by atoms with Crippen LogP contribution in [0.4, 0.5) is 5.69 Å². The van der Waals surface area contributed by atoms with E-state index in [1.54, 1.807) is 24.3 Å². The van der Waals surface area contributed by atoms with Crippen LogP contribution in [0.15, 0.2) is 24.3 Å². The van der Waals surface area contributed by atoms with E-state index in [4.69, 9.17) is 33.5 Å². The zero-order valence-corrected chi connectivity index (χ0v) is 17.3. The van der Waals surface area contributed by atoms with Gasteiger partial charge in [0.1, 0.15) is 19.0 Å². The van der Waals surface area contributed by atoms with E-state index in [1.165, 1.54) is 6.92 Å². The van der Waals surface area contributed by atoms with Crippen LogP contribution in [0.5, 0.6) is 5.75 Å². The third-order valence-electron chi connectivity index (χ3n) is 3.38. The van der Waals surface area contributed by atoms with Crippen molar-refractivity contribution in [2.45, 2.75) is 6.92 Å². The maximum absolute atomic E-state index is 11.0. The molecule has 0 bridgehead atoms. The van der Waals surface area contributed by atoms with E-state index in [1.807, 2.05) is 0 Å². The third-order valence-corrected chi connectivity index (χ3v) is 3.38. The summed E-state index contributed by atoms with van der Waals surface area (Å²) >= 11 is 0. The molecule has 0 aliphatic heterocycles. The van der Waals surface area contributed by atoms with Crippen LogP contribution < -0.4 is 10.1 Å². The highest BCUT2D eigenvalue weighted by atomic mass is 16.6. The van der Waals surface area contributed by atoms with Gasteiger partial charge in [-0.05, 0) is 24.3 Å². The Morgan fingerprint density at radius 1 is 0.733 bits per heavy atom. The van der Waals surface area contributed by atoms with Gasteiger partial charge >= 0.3 is 5.97 Å². The predicted octanol–water partition coefficient (Wildman–Crippen LogP) is 1.19. The fourth-order valence-electron chi connectivity index (χ4n) is 2.10. The Labute approximate surface area is 176 Å². The molecule has 10 nitrogen and oxygen atoms in total. The van der Waals surface area contributed by atoms with Crippen LogP contribution >= 0.6 is 0 Å². The molecular weight excluding hydrogens is 398 g/mol. The van der Waals surface area contributed by atoms with Crippen molar-refractivity contribution in [2.75, 3.05) is 78.0 Å². The van der Waals surface area contributed by atoms with Gasteiger partial charge in [-0.1, -0.05) is 0 Å². The second-order valence-corrected chi connectivity index (χ2v) is 5.95. The van der Waals surface area contributed by atoms with Crippen molar-refractivity contribution in [3.05, 3.63) is 24.3 Å². The molecule has 170 valence electrons. The first-order valence-electron chi connectivity index (χ1n) is 9.69. The van der Waals surface area contributed by atoms with E-state index in [0.717, 1.165) is 5.69 Å². The number of hydrogen-bond acceptors (Lipinski definition) is 8. The summed E-state index contributed by atoms with van der Waals surface area (Å²) in [5.41, 5.74) is 0.724. The maximum Gasteiger partial charge on any atom is 0.329 e. The molecule has 1 aromatic carbocycles. The molecule has 0 radical (unpaired) electrons. The standard InChI is InChI=1S/C20H31NO9/c1-17(22)21-18-2-4-19(5-3-18)30-15-14-28-11-10-26-7-6-25-8-9-27-12-13-29-16-20(23)24/h2-5H,6-16H2,1H3,(H,21,22)(H,23,24). The maximum atomic E-state index is 11.0. The highest BCUT2D eigenvalue weighted by Crippen LogP contribution is 2.15. The SMILES string of the molecule is CC(=O)Nc1ccc(OCCOCCOCCOCCOCCOCC(=O)O)cc1. The monoisotopic (exact) mass is 429 g/mol. The summed E-state index contributed by atoms with van der Waals surface area (Å²) < 4.78 is 31.7. The number of hydrogen-bond donors (Lipinski definition) is 2. The van der Waals surface area contributed by atoms with Gasteiger partial charge in [0.15, 0.2) is 0 Å². The fourth-order valence-corrected chi connectivity index (χ4v) is 2.10. The molecule has 2 N–H and O–H groups in total. The number of rotatable bonds is 19. The van der Waals surface area contributed by atoms with E-state index in [-0.39, 0.29) is 19.1 Å². The number of amides is 1. The van der Waals surface area contributed by atoms with Crippen molar-refractivity contribution in [3.8, 4) is 5.75 Å². The predicted molar refractivity (Wildman–Crippen MR) is 108 cm³/mol. The largest absolute Gasteiger partial charge is 0.491 e. The van der Waals surface area contributed by atoms with Crippen LogP contribution in [-0.2, 0) is 33.3 Å². The number of ether oxygens (including phenoxy) is 6. The molecule has 0 saturated carbocycles. The Kier molecular flexibility index (Phi) is 15.1. The van der Waals surface area contributed by atoms with Gasteiger partial charge in [-0.2, -0.15) is 0 Å².